The molecule has 90 valence electrons. The van der Waals surface area contributed by atoms with Gasteiger partial charge in [-0.2, -0.15) is 0 Å². The van der Waals surface area contributed by atoms with Gasteiger partial charge >= 0.3 is 5.97 Å². The zero-order chi connectivity index (χ0) is 12.4. The standard InChI is InChI=1S/C11H11BrN2O3/c1-14(5-4-10(15)16)11-8-6-7(12)2-3-9(8)17-13-11/h2-3,6H,4-5H2,1H3,(H,15,16). The Labute approximate surface area is 106 Å². The fraction of sp³-hybridized carbons (Fsp3) is 0.273. The average Bonchev–Trinajstić information content (AvgIpc) is 2.68. The third kappa shape index (κ3) is 2.58. The molecule has 6 heteroatoms. The molecule has 0 atom stereocenters. The number of carbonyl (C=O) groups is 1. The van der Waals surface area contributed by atoms with Gasteiger partial charge in [-0.25, -0.2) is 0 Å². The molecule has 0 bridgehead atoms. The number of halogens is 1. The molecular formula is C11H11BrN2O3. The molecule has 0 saturated carbocycles. The number of aliphatic carboxylic acids is 1. The van der Waals surface area contributed by atoms with Crippen LogP contribution < -0.4 is 4.90 Å². The Hall–Kier alpha value is -1.56. The highest BCUT2D eigenvalue weighted by Crippen LogP contribution is 2.28. The topological polar surface area (TPSA) is 66.6 Å². The summed E-state index contributed by atoms with van der Waals surface area (Å²) < 4.78 is 6.10. The highest BCUT2D eigenvalue weighted by atomic mass is 79.9. The minimum Gasteiger partial charge on any atom is -0.481 e. The summed E-state index contributed by atoms with van der Waals surface area (Å²) in [7, 11) is 1.79. The molecule has 1 aromatic heterocycles. The van der Waals surface area contributed by atoms with Gasteiger partial charge in [0.1, 0.15) is 0 Å². The lowest BCUT2D eigenvalue weighted by Crippen LogP contribution is -2.21. The number of carboxylic acid groups (broad SMARTS) is 1. The zero-order valence-corrected chi connectivity index (χ0v) is 10.8. The number of hydrogen-bond acceptors (Lipinski definition) is 4. The van der Waals surface area contributed by atoms with E-state index in [-0.39, 0.29) is 6.42 Å². The summed E-state index contributed by atoms with van der Waals surface area (Å²) >= 11 is 3.38. The van der Waals surface area contributed by atoms with Crippen molar-refractivity contribution in [3.8, 4) is 0 Å². The van der Waals surface area contributed by atoms with Crippen molar-refractivity contribution >= 4 is 38.7 Å². The summed E-state index contributed by atoms with van der Waals surface area (Å²) in [5.74, 6) is -0.173. The van der Waals surface area contributed by atoms with Gasteiger partial charge in [0.25, 0.3) is 0 Å². The first kappa shape index (κ1) is 11.9. The van der Waals surface area contributed by atoms with Crippen molar-refractivity contribution in [1.29, 1.82) is 0 Å². The maximum Gasteiger partial charge on any atom is 0.305 e. The lowest BCUT2D eigenvalue weighted by molar-refractivity contribution is -0.136. The first-order valence-corrected chi connectivity index (χ1v) is 5.85. The number of anilines is 1. The minimum atomic E-state index is -0.828. The number of rotatable bonds is 4. The number of fused-ring (bicyclic) bond motifs is 1. The quantitative estimate of drug-likeness (QED) is 0.939. The molecule has 0 radical (unpaired) electrons. The Bertz CT molecular complexity index is 553. The van der Waals surface area contributed by atoms with Crippen LogP contribution in [0.1, 0.15) is 6.42 Å². The third-order valence-electron chi connectivity index (χ3n) is 2.44. The number of benzene rings is 1. The highest BCUT2D eigenvalue weighted by Gasteiger charge is 2.13. The van der Waals surface area contributed by atoms with Gasteiger partial charge in [-0.15, -0.1) is 0 Å². The third-order valence-corrected chi connectivity index (χ3v) is 2.93. The van der Waals surface area contributed by atoms with E-state index in [4.69, 9.17) is 9.63 Å². The summed E-state index contributed by atoms with van der Waals surface area (Å²) in [5, 5.41) is 13.5. The monoisotopic (exact) mass is 298 g/mol. The maximum atomic E-state index is 10.5. The number of aromatic nitrogens is 1. The Morgan fingerprint density at radius 1 is 1.59 bits per heavy atom. The van der Waals surface area contributed by atoms with Crippen molar-refractivity contribution in [2.24, 2.45) is 0 Å². The summed E-state index contributed by atoms with van der Waals surface area (Å²) in [4.78, 5) is 12.3. The molecule has 0 aliphatic rings. The van der Waals surface area contributed by atoms with Crippen molar-refractivity contribution in [1.82, 2.24) is 5.16 Å². The maximum absolute atomic E-state index is 10.5. The smallest absolute Gasteiger partial charge is 0.305 e. The first-order valence-electron chi connectivity index (χ1n) is 5.06. The molecule has 0 fully saturated rings. The van der Waals surface area contributed by atoms with Gasteiger partial charge in [-0.05, 0) is 18.2 Å². The van der Waals surface area contributed by atoms with E-state index in [1.807, 2.05) is 18.2 Å². The molecule has 0 spiro atoms. The number of nitrogens with zero attached hydrogens (tertiary/aromatic N) is 2. The van der Waals surface area contributed by atoms with Crippen molar-refractivity contribution in [2.45, 2.75) is 6.42 Å². The Morgan fingerprint density at radius 2 is 2.35 bits per heavy atom. The van der Waals surface area contributed by atoms with E-state index in [1.165, 1.54) is 0 Å². The summed E-state index contributed by atoms with van der Waals surface area (Å²) in [5.41, 5.74) is 0.686. The van der Waals surface area contributed by atoms with Gasteiger partial charge in [0.15, 0.2) is 11.4 Å². The van der Waals surface area contributed by atoms with Crippen LogP contribution in [0.2, 0.25) is 0 Å². The van der Waals surface area contributed by atoms with Crippen LogP contribution in [0.3, 0.4) is 0 Å². The molecule has 0 saturated heterocycles. The van der Waals surface area contributed by atoms with Crippen LogP contribution in [0, 0.1) is 0 Å². The van der Waals surface area contributed by atoms with Crippen LogP contribution in [0.15, 0.2) is 27.2 Å². The van der Waals surface area contributed by atoms with E-state index >= 15 is 0 Å². The Balaban J connectivity index is 2.28. The summed E-state index contributed by atoms with van der Waals surface area (Å²) in [6.45, 7) is 0.392. The fourth-order valence-corrected chi connectivity index (χ4v) is 1.90. The van der Waals surface area contributed by atoms with Crippen molar-refractivity contribution in [3.05, 3.63) is 22.7 Å². The molecule has 1 heterocycles. The summed E-state index contributed by atoms with van der Waals surface area (Å²) in [6, 6.07) is 5.59. The van der Waals surface area contributed by atoms with Crippen molar-refractivity contribution in [2.75, 3.05) is 18.5 Å². The predicted octanol–water partition coefficient (Wildman–Crippen LogP) is 2.50. The van der Waals surface area contributed by atoms with E-state index in [0.29, 0.717) is 17.9 Å². The molecule has 0 aliphatic heterocycles. The normalized spacial score (nSPS) is 10.7. The molecule has 0 amide bonds. The molecule has 17 heavy (non-hydrogen) atoms. The first-order chi connectivity index (χ1) is 8.08. The molecule has 2 rings (SSSR count). The van der Waals surface area contributed by atoms with E-state index < -0.39 is 5.97 Å². The van der Waals surface area contributed by atoms with E-state index in [0.717, 1.165) is 9.86 Å². The van der Waals surface area contributed by atoms with E-state index in [1.54, 1.807) is 11.9 Å². The minimum absolute atomic E-state index is 0.0683. The van der Waals surface area contributed by atoms with Gasteiger partial charge < -0.3 is 14.5 Å². The predicted molar refractivity (Wildman–Crippen MR) is 67.2 cm³/mol. The second kappa shape index (κ2) is 4.75. The Kier molecular flexibility index (Phi) is 3.33. The molecular weight excluding hydrogens is 288 g/mol. The second-order valence-corrected chi connectivity index (χ2v) is 4.63. The van der Waals surface area contributed by atoms with Crippen LogP contribution in [0.4, 0.5) is 5.82 Å². The van der Waals surface area contributed by atoms with Crippen LogP contribution in [-0.4, -0.2) is 29.8 Å². The van der Waals surface area contributed by atoms with Gasteiger partial charge in [0, 0.05) is 18.1 Å². The lowest BCUT2D eigenvalue weighted by atomic mass is 10.2. The van der Waals surface area contributed by atoms with Gasteiger partial charge in [0.05, 0.1) is 11.8 Å². The van der Waals surface area contributed by atoms with E-state index in [9.17, 15) is 4.79 Å². The van der Waals surface area contributed by atoms with Gasteiger partial charge in [-0.3, -0.25) is 4.79 Å². The van der Waals surface area contributed by atoms with Crippen molar-refractivity contribution < 1.29 is 14.4 Å². The van der Waals surface area contributed by atoms with Crippen molar-refractivity contribution in [3.63, 3.8) is 0 Å². The van der Waals surface area contributed by atoms with Crippen LogP contribution in [-0.2, 0) is 4.79 Å². The second-order valence-electron chi connectivity index (χ2n) is 3.71. The van der Waals surface area contributed by atoms with Crippen LogP contribution >= 0.6 is 15.9 Å². The van der Waals surface area contributed by atoms with Gasteiger partial charge in [-0.1, -0.05) is 21.1 Å². The molecule has 1 N–H and O–H groups in total. The lowest BCUT2D eigenvalue weighted by Gasteiger charge is -2.14. The molecule has 1 aromatic carbocycles. The fourth-order valence-electron chi connectivity index (χ4n) is 1.54. The zero-order valence-electron chi connectivity index (χ0n) is 9.18. The highest BCUT2D eigenvalue weighted by molar-refractivity contribution is 9.10. The molecule has 2 aromatic rings. The number of carboxylic acids is 1. The Morgan fingerprint density at radius 3 is 3.06 bits per heavy atom. The number of hydrogen-bond donors (Lipinski definition) is 1. The largest absolute Gasteiger partial charge is 0.481 e. The van der Waals surface area contributed by atoms with Crippen LogP contribution in [0.25, 0.3) is 11.0 Å². The molecule has 0 aliphatic carbocycles. The average molecular weight is 299 g/mol. The summed E-state index contributed by atoms with van der Waals surface area (Å²) in [6.07, 6.45) is 0.0683. The molecule has 0 unspecified atom stereocenters. The SMILES string of the molecule is CN(CCC(=O)O)c1noc2ccc(Br)cc12. The van der Waals surface area contributed by atoms with Crippen LogP contribution in [0.5, 0.6) is 0 Å². The molecule has 5 nitrogen and oxygen atoms in total. The van der Waals surface area contributed by atoms with Gasteiger partial charge in [0.2, 0.25) is 0 Å². The van der Waals surface area contributed by atoms with E-state index in [2.05, 4.69) is 21.1 Å².